The topological polar surface area (TPSA) is 26.3 Å². The fraction of sp³-hybridized carbons (Fsp3) is 0.588. The van der Waals surface area contributed by atoms with Crippen LogP contribution in [0.3, 0.4) is 0 Å². The summed E-state index contributed by atoms with van der Waals surface area (Å²) in [5.41, 5.74) is 2.27. The number of ketones is 1. The molecule has 3 atom stereocenters. The number of rotatable bonds is 3. The van der Waals surface area contributed by atoms with Gasteiger partial charge in [-0.2, -0.15) is 0 Å². The smallest absolute Gasteiger partial charge is 0.168 e. The second-order valence-electron chi connectivity index (χ2n) is 6.30. The fourth-order valence-electron chi connectivity index (χ4n) is 3.91. The Hall–Kier alpha value is -1.15. The van der Waals surface area contributed by atoms with Gasteiger partial charge in [0.25, 0.3) is 0 Å². The van der Waals surface area contributed by atoms with Gasteiger partial charge in [0.2, 0.25) is 0 Å². The molecule has 2 aliphatic heterocycles. The summed E-state index contributed by atoms with van der Waals surface area (Å²) in [5, 5.41) is 0. The van der Waals surface area contributed by atoms with E-state index in [2.05, 4.69) is 12.1 Å². The highest BCUT2D eigenvalue weighted by Gasteiger charge is 2.45. The van der Waals surface area contributed by atoms with Crippen molar-refractivity contribution in [1.29, 1.82) is 0 Å². The predicted molar refractivity (Wildman–Crippen MR) is 73.4 cm³/mol. The number of hydrogen-bond acceptors (Lipinski definition) is 2. The van der Waals surface area contributed by atoms with Gasteiger partial charge in [-0.1, -0.05) is 30.7 Å². The molecule has 2 heteroatoms. The highest BCUT2D eigenvalue weighted by atomic mass is 16.5. The fourth-order valence-corrected chi connectivity index (χ4v) is 3.91. The molecule has 3 unspecified atom stereocenters. The SMILES string of the molecule is O=C(c1ccccc1C1CCC1)C1CC2CCC1O2. The Bertz CT molecular complexity index is 504. The molecule has 19 heavy (non-hydrogen) atoms. The zero-order chi connectivity index (χ0) is 12.8. The third-order valence-corrected chi connectivity index (χ3v) is 5.21. The summed E-state index contributed by atoms with van der Waals surface area (Å²) in [6, 6.07) is 8.26. The minimum absolute atomic E-state index is 0.125. The summed E-state index contributed by atoms with van der Waals surface area (Å²) < 4.78 is 5.85. The van der Waals surface area contributed by atoms with E-state index in [9.17, 15) is 4.79 Å². The molecule has 1 aliphatic carbocycles. The van der Waals surface area contributed by atoms with Crippen LogP contribution < -0.4 is 0 Å². The average Bonchev–Trinajstić information content (AvgIpc) is 2.99. The molecule has 4 rings (SSSR count). The first-order chi connectivity index (χ1) is 9.33. The van der Waals surface area contributed by atoms with Gasteiger partial charge in [-0.25, -0.2) is 0 Å². The molecule has 0 radical (unpaired) electrons. The average molecular weight is 256 g/mol. The molecule has 2 saturated heterocycles. The third kappa shape index (κ3) is 1.85. The summed E-state index contributed by atoms with van der Waals surface area (Å²) in [6.45, 7) is 0. The molecule has 2 bridgehead atoms. The molecule has 100 valence electrons. The molecule has 2 heterocycles. The van der Waals surface area contributed by atoms with E-state index in [0.29, 0.717) is 17.8 Å². The van der Waals surface area contributed by atoms with Crippen molar-refractivity contribution in [2.75, 3.05) is 0 Å². The maximum absolute atomic E-state index is 12.8. The molecule has 0 aromatic heterocycles. The second-order valence-corrected chi connectivity index (χ2v) is 6.30. The van der Waals surface area contributed by atoms with Crippen molar-refractivity contribution in [3.63, 3.8) is 0 Å². The lowest BCUT2D eigenvalue weighted by molar-refractivity contribution is 0.0742. The van der Waals surface area contributed by atoms with Crippen molar-refractivity contribution >= 4 is 5.78 Å². The number of fused-ring (bicyclic) bond motifs is 2. The van der Waals surface area contributed by atoms with E-state index in [1.807, 2.05) is 12.1 Å². The Labute approximate surface area is 114 Å². The van der Waals surface area contributed by atoms with Crippen molar-refractivity contribution in [3.8, 4) is 0 Å². The van der Waals surface area contributed by atoms with Crippen molar-refractivity contribution in [3.05, 3.63) is 35.4 Å². The van der Waals surface area contributed by atoms with Crippen LogP contribution in [0.15, 0.2) is 24.3 Å². The lowest BCUT2D eigenvalue weighted by atomic mass is 9.75. The maximum Gasteiger partial charge on any atom is 0.168 e. The van der Waals surface area contributed by atoms with Gasteiger partial charge < -0.3 is 4.74 Å². The third-order valence-electron chi connectivity index (χ3n) is 5.21. The summed E-state index contributed by atoms with van der Waals surface area (Å²) in [5.74, 6) is 1.09. The number of carbonyl (C=O) groups is 1. The van der Waals surface area contributed by atoms with Crippen molar-refractivity contribution in [1.82, 2.24) is 0 Å². The van der Waals surface area contributed by atoms with Crippen LogP contribution in [-0.2, 0) is 4.74 Å². The van der Waals surface area contributed by atoms with Crippen molar-refractivity contribution in [2.45, 2.75) is 56.7 Å². The van der Waals surface area contributed by atoms with Gasteiger partial charge in [0.1, 0.15) is 0 Å². The lowest BCUT2D eigenvalue weighted by Gasteiger charge is -2.28. The maximum atomic E-state index is 12.8. The Kier molecular flexibility index (Phi) is 2.73. The van der Waals surface area contributed by atoms with E-state index in [1.54, 1.807) is 0 Å². The first kappa shape index (κ1) is 11.7. The van der Waals surface area contributed by atoms with Crippen molar-refractivity contribution in [2.24, 2.45) is 5.92 Å². The molecule has 1 aromatic carbocycles. The largest absolute Gasteiger partial charge is 0.374 e. The second kappa shape index (κ2) is 4.45. The van der Waals surface area contributed by atoms with Gasteiger partial charge in [-0.3, -0.25) is 4.79 Å². The quantitative estimate of drug-likeness (QED) is 0.771. The van der Waals surface area contributed by atoms with Crippen molar-refractivity contribution < 1.29 is 9.53 Å². The van der Waals surface area contributed by atoms with Crippen LogP contribution in [0.4, 0.5) is 0 Å². The van der Waals surface area contributed by atoms with E-state index in [-0.39, 0.29) is 12.0 Å². The highest BCUT2D eigenvalue weighted by Crippen LogP contribution is 2.43. The van der Waals surface area contributed by atoms with Crippen LogP contribution in [0, 0.1) is 5.92 Å². The molecule has 3 fully saturated rings. The zero-order valence-corrected chi connectivity index (χ0v) is 11.2. The minimum atomic E-state index is 0.125. The van der Waals surface area contributed by atoms with Gasteiger partial charge in [-0.15, -0.1) is 0 Å². The van der Waals surface area contributed by atoms with Gasteiger partial charge in [0, 0.05) is 5.56 Å². The number of Topliss-reactive ketones (excluding diaryl/α,β-unsaturated/α-hetero) is 1. The van der Waals surface area contributed by atoms with Gasteiger partial charge in [0.05, 0.1) is 18.1 Å². The lowest BCUT2D eigenvalue weighted by Crippen LogP contribution is -2.27. The van der Waals surface area contributed by atoms with E-state index in [0.717, 1.165) is 24.8 Å². The summed E-state index contributed by atoms with van der Waals surface area (Å²) in [7, 11) is 0. The van der Waals surface area contributed by atoms with Crippen LogP contribution >= 0.6 is 0 Å². The molecular formula is C17H20O2. The zero-order valence-electron chi connectivity index (χ0n) is 11.2. The minimum Gasteiger partial charge on any atom is -0.374 e. The summed E-state index contributed by atoms with van der Waals surface area (Å²) in [6.07, 6.45) is 7.54. The van der Waals surface area contributed by atoms with E-state index in [4.69, 9.17) is 4.74 Å². The van der Waals surface area contributed by atoms with Crippen LogP contribution in [-0.4, -0.2) is 18.0 Å². The molecular weight excluding hydrogens is 236 g/mol. The van der Waals surface area contributed by atoms with Crippen LogP contribution in [0.1, 0.15) is 60.4 Å². The number of hydrogen-bond donors (Lipinski definition) is 0. The number of benzene rings is 1. The first-order valence-corrected chi connectivity index (χ1v) is 7.61. The molecule has 2 nitrogen and oxygen atoms in total. The molecule has 0 spiro atoms. The van der Waals surface area contributed by atoms with Crippen LogP contribution in [0.5, 0.6) is 0 Å². The summed E-state index contributed by atoms with van der Waals surface area (Å²) in [4.78, 5) is 12.8. The Morgan fingerprint density at radius 1 is 1.11 bits per heavy atom. The van der Waals surface area contributed by atoms with E-state index < -0.39 is 0 Å². The van der Waals surface area contributed by atoms with Gasteiger partial charge >= 0.3 is 0 Å². The van der Waals surface area contributed by atoms with Crippen LogP contribution in [0.25, 0.3) is 0 Å². The Balaban J connectivity index is 1.63. The molecule has 0 amide bonds. The van der Waals surface area contributed by atoms with E-state index in [1.165, 1.54) is 24.8 Å². The molecule has 1 saturated carbocycles. The molecule has 0 N–H and O–H groups in total. The Morgan fingerprint density at radius 2 is 1.95 bits per heavy atom. The van der Waals surface area contributed by atoms with Gasteiger partial charge in [-0.05, 0) is 43.6 Å². The predicted octanol–water partition coefficient (Wildman–Crippen LogP) is 3.70. The monoisotopic (exact) mass is 256 g/mol. The molecule has 3 aliphatic rings. The van der Waals surface area contributed by atoms with E-state index >= 15 is 0 Å². The first-order valence-electron chi connectivity index (χ1n) is 7.61. The van der Waals surface area contributed by atoms with Gasteiger partial charge in [0.15, 0.2) is 5.78 Å². The standard InChI is InChI=1S/C17H20O2/c18-17(15-10-12-8-9-16(15)19-12)14-7-2-1-6-13(14)11-4-3-5-11/h1-2,6-7,11-12,15-16H,3-5,8-10H2. The summed E-state index contributed by atoms with van der Waals surface area (Å²) >= 11 is 0. The normalized spacial score (nSPS) is 33.4. The highest BCUT2D eigenvalue weighted by molar-refractivity contribution is 6.00. The number of ether oxygens (including phenoxy) is 1. The molecule has 1 aromatic rings. The van der Waals surface area contributed by atoms with Crippen LogP contribution in [0.2, 0.25) is 0 Å². The number of carbonyl (C=O) groups excluding carboxylic acids is 1. The Morgan fingerprint density at radius 3 is 2.58 bits per heavy atom.